The fourth-order valence-electron chi connectivity index (χ4n) is 5.66. The summed E-state index contributed by atoms with van der Waals surface area (Å²) in [5.74, 6) is -1.52. The number of aliphatic carboxylic acids is 1. The molecule has 3 aliphatic carbocycles. The van der Waals surface area contributed by atoms with Gasteiger partial charge in [-0.05, 0) is 74.5 Å². The minimum atomic E-state index is -3.34. The molecule has 1 unspecified atom stereocenters. The van der Waals surface area contributed by atoms with Crippen LogP contribution in [-0.4, -0.2) is 41.7 Å². The molecule has 8 nitrogen and oxygen atoms in total. The second-order valence-corrected chi connectivity index (χ2v) is 14.4. The van der Waals surface area contributed by atoms with Crippen LogP contribution in [0.5, 0.6) is 0 Å². The lowest BCUT2D eigenvalue weighted by atomic mass is 9.72. The van der Waals surface area contributed by atoms with Gasteiger partial charge in [-0.15, -0.1) is 0 Å². The summed E-state index contributed by atoms with van der Waals surface area (Å²) in [5, 5.41) is 11.7. The molecule has 5 rings (SSSR count). The number of carboxylic acid groups (broad SMARTS) is 1. The molecule has 3 fully saturated rings. The smallest absolute Gasteiger partial charge is 0.309 e. The SMILES string of the molecule is O=C(O)Cc1nc(NC(=O)C(OC2CCC3(CCCC3)CC2)c2ccc(S(=O)(=O)C3CC3)cc2)sc1Cl. The average Bonchev–Trinajstić information content (AvgIpc) is 3.56. The Balaban J connectivity index is 1.34. The average molecular weight is 567 g/mol. The van der Waals surface area contributed by atoms with Crippen molar-refractivity contribution in [3.63, 3.8) is 0 Å². The fraction of sp³-hybridized carbons (Fsp3) is 0.577. The Morgan fingerprint density at radius 1 is 1.11 bits per heavy atom. The molecular formula is C26H31ClN2O6S2. The Morgan fingerprint density at radius 3 is 2.35 bits per heavy atom. The number of nitrogens with zero attached hydrogens (tertiary/aromatic N) is 1. The van der Waals surface area contributed by atoms with E-state index in [2.05, 4.69) is 10.3 Å². The zero-order valence-corrected chi connectivity index (χ0v) is 22.8. The van der Waals surface area contributed by atoms with E-state index < -0.39 is 27.8 Å². The molecule has 0 aliphatic heterocycles. The van der Waals surface area contributed by atoms with Gasteiger partial charge < -0.3 is 9.84 Å². The van der Waals surface area contributed by atoms with Crippen molar-refractivity contribution in [2.75, 3.05) is 5.32 Å². The second-order valence-electron chi connectivity index (χ2n) is 10.5. The summed E-state index contributed by atoms with van der Waals surface area (Å²) in [7, 11) is -3.34. The van der Waals surface area contributed by atoms with Gasteiger partial charge in [0, 0.05) is 0 Å². The van der Waals surface area contributed by atoms with E-state index in [0.29, 0.717) is 23.8 Å². The van der Waals surface area contributed by atoms with E-state index in [-0.39, 0.29) is 37.8 Å². The van der Waals surface area contributed by atoms with Crippen LogP contribution in [0, 0.1) is 5.41 Å². The van der Waals surface area contributed by atoms with Crippen molar-refractivity contribution in [2.24, 2.45) is 5.41 Å². The molecular weight excluding hydrogens is 536 g/mol. The number of aromatic nitrogens is 1. The van der Waals surface area contributed by atoms with Gasteiger partial charge in [-0.3, -0.25) is 14.9 Å². The quantitative estimate of drug-likeness (QED) is 0.407. The molecule has 1 spiro atoms. The van der Waals surface area contributed by atoms with Crippen LogP contribution in [0.15, 0.2) is 29.2 Å². The van der Waals surface area contributed by atoms with Crippen molar-refractivity contribution in [1.82, 2.24) is 4.98 Å². The molecule has 1 aromatic heterocycles. The van der Waals surface area contributed by atoms with Crippen LogP contribution in [0.2, 0.25) is 4.34 Å². The van der Waals surface area contributed by atoms with Gasteiger partial charge in [0.05, 0.1) is 28.4 Å². The van der Waals surface area contributed by atoms with Gasteiger partial charge in [0.2, 0.25) is 0 Å². The zero-order chi connectivity index (χ0) is 26.2. The molecule has 11 heteroatoms. The third kappa shape index (κ3) is 6.02. The highest BCUT2D eigenvalue weighted by Crippen LogP contribution is 2.50. The molecule has 3 saturated carbocycles. The Labute approximate surface area is 225 Å². The van der Waals surface area contributed by atoms with E-state index in [1.807, 2.05) is 0 Å². The molecule has 1 amide bonds. The number of hydrogen-bond donors (Lipinski definition) is 2. The predicted molar refractivity (Wildman–Crippen MR) is 141 cm³/mol. The maximum Gasteiger partial charge on any atom is 0.309 e. The number of ether oxygens (including phenoxy) is 1. The van der Waals surface area contributed by atoms with Gasteiger partial charge in [0.25, 0.3) is 5.91 Å². The molecule has 1 atom stereocenters. The normalized spacial score (nSPS) is 20.7. The Kier molecular flexibility index (Phi) is 7.64. The third-order valence-corrected chi connectivity index (χ3v) is 11.4. The highest BCUT2D eigenvalue weighted by atomic mass is 35.5. The lowest BCUT2D eigenvalue weighted by Crippen LogP contribution is -2.33. The van der Waals surface area contributed by atoms with E-state index in [9.17, 15) is 18.0 Å². The molecule has 0 radical (unpaired) electrons. The van der Waals surface area contributed by atoms with Gasteiger partial charge in [-0.2, -0.15) is 0 Å². The topological polar surface area (TPSA) is 123 Å². The molecule has 1 aromatic carbocycles. The highest BCUT2D eigenvalue weighted by Gasteiger charge is 2.40. The van der Waals surface area contributed by atoms with Crippen molar-refractivity contribution in [2.45, 2.75) is 93.0 Å². The lowest BCUT2D eigenvalue weighted by Gasteiger charge is -2.38. The summed E-state index contributed by atoms with van der Waals surface area (Å²) in [6.45, 7) is 0. The molecule has 0 saturated heterocycles. The molecule has 2 N–H and O–H groups in total. The standard InChI is InChI=1S/C26H31ClN2O6S2/c27-23-20(15-21(30)31)28-25(36-23)29-24(32)22(35-17-9-13-26(14-10-17)11-1-2-12-26)16-3-5-18(6-4-16)37(33,34)19-7-8-19/h3-6,17,19,22H,1-2,7-15H2,(H,30,31)(H,28,29,32). The number of sulfone groups is 1. The van der Waals surface area contributed by atoms with Gasteiger partial charge in [-0.25, -0.2) is 13.4 Å². The molecule has 37 heavy (non-hydrogen) atoms. The van der Waals surface area contributed by atoms with Crippen molar-refractivity contribution in [1.29, 1.82) is 0 Å². The van der Waals surface area contributed by atoms with E-state index in [0.717, 1.165) is 37.0 Å². The number of carbonyl (C=O) groups is 2. The second kappa shape index (κ2) is 10.6. The number of halogens is 1. The number of amides is 1. The van der Waals surface area contributed by atoms with Gasteiger partial charge in [-0.1, -0.05) is 47.9 Å². The van der Waals surface area contributed by atoms with Crippen molar-refractivity contribution in [3.05, 3.63) is 39.9 Å². The number of carbonyl (C=O) groups excluding carboxylic acids is 1. The molecule has 200 valence electrons. The monoisotopic (exact) mass is 566 g/mol. The van der Waals surface area contributed by atoms with Crippen molar-refractivity contribution in [3.8, 4) is 0 Å². The van der Waals surface area contributed by atoms with Crippen LogP contribution >= 0.6 is 22.9 Å². The van der Waals surface area contributed by atoms with E-state index in [4.69, 9.17) is 21.4 Å². The Bertz CT molecular complexity index is 1260. The van der Waals surface area contributed by atoms with Gasteiger partial charge in [0.1, 0.15) is 4.34 Å². The first-order chi connectivity index (χ1) is 17.6. The Morgan fingerprint density at radius 2 is 1.76 bits per heavy atom. The number of nitrogens with one attached hydrogen (secondary N) is 1. The van der Waals surface area contributed by atoms with Crippen LogP contribution in [0.25, 0.3) is 0 Å². The number of rotatable bonds is 9. The number of thiazole rings is 1. The minimum Gasteiger partial charge on any atom is -0.481 e. The van der Waals surface area contributed by atoms with Crippen LogP contribution in [-0.2, 0) is 30.6 Å². The maximum atomic E-state index is 13.4. The highest BCUT2D eigenvalue weighted by molar-refractivity contribution is 7.92. The fourth-order valence-corrected chi connectivity index (χ4v) is 8.36. The van der Waals surface area contributed by atoms with Crippen LogP contribution < -0.4 is 5.32 Å². The first-order valence-electron chi connectivity index (χ1n) is 12.8. The number of carboxylic acids is 1. The van der Waals surface area contributed by atoms with Crippen LogP contribution in [0.3, 0.4) is 0 Å². The number of benzene rings is 1. The molecule has 0 bridgehead atoms. The summed E-state index contributed by atoms with van der Waals surface area (Å²) < 4.78 is 31.9. The first-order valence-corrected chi connectivity index (χ1v) is 15.6. The van der Waals surface area contributed by atoms with Gasteiger partial charge >= 0.3 is 5.97 Å². The number of anilines is 1. The summed E-state index contributed by atoms with van der Waals surface area (Å²) in [4.78, 5) is 28.9. The Hall–Kier alpha value is -2.01. The van der Waals surface area contributed by atoms with Gasteiger partial charge in [0.15, 0.2) is 21.1 Å². The van der Waals surface area contributed by atoms with Crippen LogP contribution in [0.1, 0.15) is 81.6 Å². The first kappa shape index (κ1) is 26.6. The maximum absolute atomic E-state index is 13.4. The summed E-state index contributed by atoms with van der Waals surface area (Å²) in [5.41, 5.74) is 1.17. The molecule has 2 aromatic rings. The summed E-state index contributed by atoms with van der Waals surface area (Å²) in [6, 6.07) is 6.38. The van der Waals surface area contributed by atoms with Crippen LogP contribution in [0.4, 0.5) is 5.13 Å². The predicted octanol–water partition coefficient (Wildman–Crippen LogP) is 5.56. The van der Waals surface area contributed by atoms with E-state index in [1.54, 1.807) is 24.3 Å². The third-order valence-electron chi connectivity index (χ3n) is 7.90. The minimum absolute atomic E-state index is 0.0840. The zero-order valence-electron chi connectivity index (χ0n) is 20.4. The van der Waals surface area contributed by atoms with E-state index in [1.165, 1.54) is 25.7 Å². The molecule has 1 heterocycles. The largest absolute Gasteiger partial charge is 0.481 e. The van der Waals surface area contributed by atoms with Crippen molar-refractivity contribution < 1.29 is 27.9 Å². The molecule has 3 aliphatic rings. The lowest BCUT2D eigenvalue weighted by molar-refractivity contribution is -0.136. The summed E-state index contributed by atoms with van der Waals surface area (Å²) >= 11 is 7.12. The van der Waals surface area contributed by atoms with Crippen molar-refractivity contribution >= 4 is 49.8 Å². The summed E-state index contributed by atoms with van der Waals surface area (Å²) in [6.07, 6.45) is 9.01. The number of hydrogen-bond acceptors (Lipinski definition) is 7. The van der Waals surface area contributed by atoms with E-state index >= 15 is 0 Å².